The smallest absolute Gasteiger partial charge is 0.305 e. The van der Waals surface area contributed by atoms with Gasteiger partial charge in [-0.2, -0.15) is 8.42 Å². The van der Waals surface area contributed by atoms with Gasteiger partial charge in [0.25, 0.3) is 16.2 Å². The molecule has 3 unspecified atom stereocenters. The number of esters is 1. The molecule has 0 aromatic heterocycles. The lowest BCUT2D eigenvalue weighted by atomic mass is 10.0. The molecule has 1 fully saturated rings. The zero-order valence-corrected chi connectivity index (χ0v) is 10.6. The summed E-state index contributed by atoms with van der Waals surface area (Å²) in [6, 6.07) is -0.501. The van der Waals surface area contributed by atoms with E-state index in [4.69, 9.17) is 10.8 Å². The Morgan fingerprint density at radius 3 is 2.59 bits per heavy atom. The molecule has 17 heavy (non-hydrogen) atoms. The van der Waals surface area contributed by atoms with Gasteiger partial charge in [-0.15, -0.1) is 0 Å². The predicted octanol–water partition coefficient (Wildman–Crippen LogP) is 0.592. The Morgan fingerprint density at radius 1 is 1.47 bits per heavy atom. The molecule has 1 aliphatic carbocycles. The van der Waals surface area contributed by atoms with E-state index in [-0.39, 0.29) is 12.3 Å². The molecular weight excluding hydrogens is 246 g/mol. The van der Waals surface area contributed by atoms with Crippen LogP contribution >= 0.6 is 0 Å². The van der Waals surface area contributed by atoms with Gasteiger partial charge in [-0.25, -0.2) is 6.57 Å². The van der Waals surface area contributed by atoms with Gasteiger partial charge in [0.1, 0.15) is 0 Å². The summed E-state index contributed by atoms with van der Waals surface area (Å²) >= 11 is 0. The Morgan fingerprint density at radius 2 is 2.12 bits per heavy atom. The van der Waals surface area contributed by atoms with Crippen molar-refractivity contribution in [3.63, 3.8) is 0 Å². The summed E-state index contributed by atoms with van der Waals surface area (Å²) in [6.45, 7) is 6.99. The zero-order chi connectivity index (χ0) is 13.1. The second-order valence-corrected chi connectivity index (χ2v) is 5.68. The van der Waals surface area contributed by atoms with Crippen molar-refractivity contribution in [3.8, 4) is 0 Å². The first kappa shape index (κ1) is 13.9. The molecule has 0 radical (unpaired) electrons. The average Bonchev–Trinajstić information content (AvgIpc) is 2.58. The summed E-state index contributed by atoms with van der Waals surface area (Å²) in [7, 11) is -2.35. The fourth-order valence-corrected chi connectivity index (χ4v) is 2.71. The third-order valence-electron chi connectivity index (χ3n) is 2.79. The van der Waals surface area contributed by atoms with Crippen molar-refractivity contribution >= 4 is 16.1 Å². The summed E-state index contributed by atoms with van der Waals surface area (Å²) in [6.07, 6.45) is 1.44. The standard InChI is InChI=1S/C10H15NO5S/c1-11-8-5-4-7(6-9(12)15-2)10(8)16-17(3,13)14/h7-8,10H,4-6H2,2-3H3. The second kappa shape index (κ2) is 5.47. The van der Waals surface area contributed by atoms with Gasteiger partial charge in [-0.1, -0.05) is 0 Å². The van der Waals surface area contributed by atoms with E-state index >= 15 is 0 Å². The normalized spacial score (nSPS) is 28.6. The Bertz CT molecular complexity index is 424. The number of ether oxygens (including phenoxy) is 1. The fourth-order valence-electron chi connectivity index (χ4n) is 2.03. The molecule has 0 aliphatic heterocycles. The third kappa shape index (κ3) is 3.98. The van der Waals surface area contributed by atoms with Crippen LogP contribution < -0.4 is 0 Å². The molecule has 0 N–H and O–H groups in total. The Labute approximate surface area is 101 Å². The van der Waals surface area contributed by atoms with E-state index in [1.165, 1.54) is 7.11 Å². The summed E-state index contributed by atoms with van der Waals surface area (Å²) in [5, 5.41) is 0. The van der Waals surface area contributed by atoms with Crippen LogP contribution in [0.25, 0.3) is 4.85 Å². The number of hydrogen-bond donors (Lipinski definition) is 0. The van der Waals surface area contributed by atoms with Gasteiger partial charge >= 0.3 is 5.97 Å². The first-order valence-electron chi connectivity index (χ1n) is 5.19. The van der Waals surface area contributed by atoms with Gasteiger partial charge in [-0.05, 0) is 6.42 Å². The third-order valence-corrected chi connectivity index (χ3v) is 3.36. The van der Waals surface area contributed by atoms with Gasteiger partial charge in [0, 0.05) is 12.3 Å². The van der Waals surface area contributed by atoms with Crippen LogP contribution in [0.1, 0.15) is 19.3 Å². The molecule has 0 spiro atoms. The molecule has 3 atom stereocenters. The van der Waals surface area contributed by atoms with Gasteiger partial charge < -0.3 is 9.58 Å². The minimum atomic E-state index is -3.62. The fraction of sp³-hybridized carbons (Fsp3) is 0.800. The number of rotatable bonds is 4. The Hall–Kier alpha value is -1.13. The van der Waals surface area contributed by atoms with Crippen LogP contribution in [0.5, 0.6) is 0 Å². The van der Waals surface area contributed by atoms with E-state index < -0.39 is 28.2 Å². The monoisotopic (exact) mass is 261 g/mol. The van der Waals surface area contributed by atoms with Crippen molar-refractivity contribution < 1.29 is 22.1 Å². The summed E-state index contributed by atoms with van der Waals surface area (Å²) in [4.78, 5) is 14.5. The van der Waals surface area contributed by atoms with E-state index in [1.807, 2.05) is 0 Å². The molecule has 0 aromatic rings. The van der Waals surface area contributed by atoms with E-state index in [0.717, 1.165) is 6.26 Å². The highest BCUT2D eigenvalue weighted by atomic mass is 32.2. The highest BCUT2D eigenvalue weighted by Gasteiger charge is 2.44. The van der Waals surface area contributed by atoms with Gasteiger partial charge in [-0.3, -0.25) is 8.98 Å². The maximum absolute atomic E-state index is 11.2. The molecule has 7 heteroatoms. The zero-order valence-electron chi connectivity index (χ0n) is 9.75. The van der Waals surface area contributed by atoms with Crippen molar-refractivity contribution in [1.29, 1.82) is 0 Å². The molecule has 0 saturated heterocycles. The number of methoxy groups -OCH3 is 1. The van der Waals surface area contributed by atoms with Gasteiger partial charge in [0.2, 0.25) is 0 Å². The molecule has 0 amide bonds. The topological polar surface area (TPSA) is 74.0 Å². The van der Waals surface area contributed by atoms with Gasteiger partial charge in [0.15, 0.2) is 6.10 Å². The Balaban J connectivity index is 2.77. The molecule has 6 nitrogen and oxygen atoms in total. The lowest BCUT2D eigenvalue weighted by Crippen LogP contribution is -2.30. The predicted molar refractivity (Wildman–Crippen MR) is 59.5 cm³/mol. The van der Waals surface area contributed by atoms with Crippen molar-refractivity contribution in [2.75, 3.05) is 13.4 Å². The SMILES string of the molecule is [C-]#[N+]C1CCC(CC(=O)OC)C1OS(C)(=O)=O. The molecule has 0 aromatic carbocycles. The first-order chi connectivity index (χ1) is 7.87. The number of carbonyl (C=O) groups is 1. The van der Waals surface area contributed by atoms with E-state index in [9.17, 15) is 13.2 Å². The molecule has 96 valence electrons. The molecule has 0 heterocycles. The number of hydrogen-bond acceptors (Lipinski definition) is 5. The quantitative estimate of drug-likeness (QED) is 0.421. The molecular formula is C10H15NO5S. The molecule has 1 saturated carbocycles. The van der Waals surface area contributed by atoms with E-state index in [1.54, 1.807) is 0 Å². The molecule has 0 bridgehead atoms. The molecule has 1 aliphatic rings. The lowest BCUT2D eigenvalue weighted by molar-refractivity contribution is -0.142. The van der Waals surface area contributed by atoms with Crippen LogP contribution in [-0.2, 0) is 23.8 Å². The number of nitrogens with zero attached hydrogens (tertiary/aromatic N) is 1. The molecule has 1 rings (SSSR count). The maximum Gasteiger partial charge on any atom is 0.305 e. The van der Waals surface area contributed by atoms with Crippen LogP contribution in [0.4, 0.5) is 0 Å². The Kier molecular flexibility index (Phi) is 4.48. The van der Waals surface area contributed by atoms with Crippen molar-refractivity contribution in [1.82, 2.24) is 0 Å². The van der Waals surface area contributed by atoms with Crippen molar-refractivity contribution in [2.45, 2.75) is 31.4 Å². The minimum Gasteiger partial charge on any atom is -0.469 e. The van der Waals surface area contributed by atoms with Crippen LogP contribution in [0.15, 0.2) is 0 Å². The van der Waals surface area contributed by atoms with Crippen LogP contribution in [0, 0.1) is 12.5 Å². The summed E-state index contributed by atoms with van der Waals surface area (Å²) in [5.41, 5.74) is 0. The van der Waals surface area contributed by atoms with E-state index in [2.05, 4.69) is 9.58 Å². The maximum atomic E-state index is 11.2. The summed E-state index contributed by atoms with van der Waals surface area (Å²) in [5.74, 6) is -0.681. The van der Waals surface area contributed by atoms with Crippen molar-refractivity contribution in [3.05, 3.63) is 11.4 Å². The number of carbonyl (C=O) groups excluding carboxylic acids is 1. The largest absolute Gasteiger partial charge is 0.469 e. The average molecular weight is 261 g/mol. The van der Waals surface area contributed by atoms with Crippen LogP contribution in [0.3, 0.4) is 0 Å². The first-order valence-corrected chi connectivity index (χ1v) is 7.00. The summed E-state index contributed by atoms with van der Waals surface area (Å²) < 4.78 is 31.7. The van der Waals surface area contributed by atoms with Gasteiger partial charge in [0.05, 0.1) is 19.8 Å². The van der Waals surface area contributed by atoms with Crippen LogP contribution in [-0.4, -0.2) is 39.9 Å². The highest BCUT2D eigenvalue weighted by molar-refractivity contribution is 7.86. The van der Waals surface area contributed by atoms with Crippen molar-refractivity contribution in [2.24, 2.45) is 5.92 Å². The highest BCUT2D eigenvalue weighted by Crippen LogP contribution is 2.34. The van der Waals surface area contributed by atoms with E-state index in [0.29, 0.717) is 12.8 Å². The minimum absolute atomic E-state index is 0.0860. The van der Waals surface area contributed by atoms with Crippen LogP contribution in [0.2, 0.25) is 0 Å². The lowest BCUT2D eigenvalue weighted by Gasteiger charge is -2.17. The second-order valence-electron chi connectivity index (χ2n) is 4.08.